The quantitative estimate of drug-likeness (QED) is 0.892. The van der Waals surface area contributed by atoms with Crippen molar-refractivity contribution in [2.24, 2.45) is 0 Å². The number of carbonyl (C=O) groups excluding carboxylic acids is 1. The zero-order valence-corrected chi connectivity index (χ0v) is 13.1. The van der Waals surface area contributed by atoms with Crippen LogP contribution in [0.5, 0.6) is 0 Å². The number of aliphatic carboxylic acids is 1. The van der Waals surface area contributed by atoms with Crippen molar-refractivity contribution in [1.29, 1.82) is 0 Å². The molecule has 2 amide bonds. The fourth-order valence-corrected chi connectivity index (χ4v) is 3.98. The minimum atomic E-state index is -0.963. The Balaban J connectivity index is 2.05. The summed E-state index contributed by atoms with van der Waals surface area (Å²) in [7, 11) is 0. The maximum absolute atomic E-state index is 12.3. The average molecular weight is 315 g/mol. The van der Waals surface area contributed by atoms with E-state index in [1.54, 1.807) is 6.20 Å². The number of aryl methyl sites for hydroxylation is 1. The molecule has 0 saturated carbocycles. The zero-order chi connectivity index (χ0) is 14.9. The van der Waals surface area contributed by atoms with Crippen LogP contribution in [-0.2, 0) is 4.79 Å². The van der Waals surface area contributed by atoms with E-state index >= 15 is 0 Å². The number of carbonyl (C=O) groups is 2. The first kappa shape index (κ1) is 15.1. The van der Waals surface area contributed by atoms with E-state index in [4.69, 9.17) is 5.11 Å². The minimum absolute atomic E-state index is 0.138. The first-order valence-electron chi connectivity index (χ1n) is 6.25. The van der Waals surface area contributed by atoms with Gasteiger partial charge in [-0.15, -0.1) is 23.1 Å². The lowest BCUT2D eigenvalue weighted by Gasteiger charge is -2.26. The molecule has 1 aromatic rings. The molecule has 2 heterocycles. The van der Waals surface area contributed by atoms with Gasteiger partial charge < -0.3 is 10.4 Å². The number of nitrogens with zero attached hydrogens (tertiary/aromatic N) is 2. The molecule has 0 aromatic carbocycles. The Kier molecular flexibility index (Phi) is 4.54. The monoisotopic (exact) mass is 315 g/mol. The number of hydrogen-bond donors (Lipinski definition) is 2. The molecule has 1 aromatic heterocycles. The van der Waals surface area contributed by atoms with Crippen LogP contribution in [0, 0.1) is 6.92 Å². The van der Waals surface area contributed by atoms with E-state index in [1.165, 1.54) is 28.0 Å². The predicted octanol–water partition coefficient (Wildman–Crippen LogP) is 2.07. The van der Waals surface area contributed by atoms with Gasteiger partial charge in [0.05, 0.1) is 11.4 Å². The summed E-state index contributed by atoms with van der Waals surface area (Å²) < 4.78 is 0. The molecule has 1 aliphatic rings. The first-order chi connectivity index (χ1) is 9.40. The van der Waals surface area contributed by atoms with Gasteiger partial charge in [0.1, 0.15) is 11.0 Å². The standard InChI is InChI=1S/C12H17N3O3S2/c1-6-4-13-10(20-6)7(2)14-12(18)15-8(3)19-5-9(15)11(16)17/h4,7-9H,5H2,1-3H3,(H,14,18)(H,16,17). The van der Waals surface area contributed by atoms with Crippen LogP contribution in [0.2, 0.25) is 0 Å². The topological polar surface area (TPSA) is 82.5 Å². The number of carboxylic acids is 1. The van der Waals surface area contributed by atoms with Gasteiger partial charge in [-0.05, 0) is 20.8 Å². The number of aromatic nitrogens is 1. The molecule has 8 heteroatoms. The third-order valence-corrected chi connectivity index (χ3v) is 5.41. The van der Waals surface area contributed by atoms with Crippen LogP contribution in [0.3, 0.4) is 0 Å². The van der Waals surface area contributed by atoms with Crippen molar-refractivity contribution in [3.8, 4) is 0 Å². The molecular formula is C12H17N3O3S2. The van der Waals surface area contributed by atoms with Gasteiger partial charge in [-0.25, -0.2) is 14.6 Å². The second-order valence-corrected chi connectivity index (χ2v) is 7.29. The van der Waals surface area contributed by atoms with E-state index < -0.39 is 12.0 Å². The highest BCUT2D eigenvalue weighted by Crippen LogP contribution is 2.29. The summed E-state index contributed by atoms with van der Waals surface area (Å²) in [6.07, 6.45) is 1.76. The molecule has 0 radical (unpaired) electrons. The highest BCUT2D eigenvalue weighted by atomic mass is 32.2. The lowest BCUT2D eigenvalue weighted by atomic mass is 10.3. The fourth-order valence-electron chi connectivity index (χ4n) is 2.04. The van der Waals surface area contributed by atoms with Gasteiger partial charge >= 0.3 is 12.0 Å². The van der Waals surface area contributed by atoms with Gasteiger partial charge in [0, 0.05) is 16.8 Å². The van der Waals surface area contributed by atoms with Crippen molar-refractivity contribution in [2.75, 3.05) is 5.75 Å². The fraction of sp³-hybridized carbons (Fsp3) is 0.583. The SMILES string of the molecule is Cc1cnc(C(C)NC(=O)N2C(C)SCC2C(=O)O)s1. The summed E-state index contributed by atoms with van der Waals surface area (Å²) in [6.45, 7) is 5.64. The van der Waals surface area contributed by atoms with E-state index in [-0.39, 0.29) is 17.4 Å². The van der Waals surface area contributed by atoms with Crippen molar-refractivity contribution < 1.29 is 14.7 Å². The largest absolute Gasteiger partial charge is 0.480 e. The van der Waals surface area contributed by atoms with Crippen molar-refractivity contribution in [1.82, 2.24) is 15.2 Å². The first-order valence-corrected chi connectivity index (χ1v) is 8.12. The molecule has 3 unspecified atom stereocenters. The number of carboxylic acid groups (broad SMARTS) is 1. The summed E-state index contributed by atoms with van der Waals surface area (Å²) >= 11 is 2.99. The Morgan fingerprint density at radius 3 is 2.85 bits per heavy atom. The van der Waals surface area contributed by atoms with Crippen LogP contribution in [0.4, 0.5) is 4.79 Å². The Hall–Kier alpha value is -1.28. The highest BCUT2D eigenvalue weighted by Gasteiger charge is 2.39. The molecule has 6 nitrogen and oxygen atoms in total. The molecule has 1 fully saturated rings. The Morgan fingerprint density at radius 1 is 1.60 bits per heavy atom. The van der Waals surface area contributed by atoms with E-state index in [2.05, 4.69) is 10.3 Å². The number of amides is 2. The van der Waals surface area contributed by atoms with E-state index in [1.807, 2.05) is 20.8 Å². The zero-order valence-electron chi connectivity index (χ0n) is 11.5. The van der Waals surface area contributed by atoms with Crippen molar-refractivity contribution in [3.63, 3.8) is 0 Å². The molecule has 2 N–H and O–H groups in total. The van der Waals surface area contributed by atoms with Crippen LogP contribution >= 0.6 is 23.1 Å². The number of nitrogens with one attached hydrogen (secondary N) is 1. The number of urea groups is 1. The predicted molar refractivity (Wildman–Crippen MR) is 79.0 cm³/mol. The third kappa shape index (κ3) is 3.06. The molecule has 3 atom stereocenters. The van der Waals surface area contributed by atoms with E-state index in [0.717, 1.165) is 9.88 Å². The van der Waals surface area contributed by atoms with Crippen molar-refractivity contribution >= 4 is 35.1 Å². The Labute approximate surface area is 125 Å². The molecule has 2 rings (SSSR count). The van der Waals surface area contributed by atoms with Crippen molar-refractivity contribution in [3.05, 3.63) is 16.1 Å². The Morgan fingerprint density at radius 2 is 2.30 bits per heavy atom. The van der Waals surface area contributed by atoms with Crippen LogP contribution < -0.4 is 5.32 Å². The maximum Gasteiger partial charge on any atom is 0.327 e. The molecule has 1 saturated heterocycles. The maximum atomic E-state index is 12.3. The second kappa shape index (κ2) is 6.01. The summed E-state index contributed by atoms with van der Waals surface area (Å²) in [5.74, 6) is -0.538. The molecular weight excluding hydrogens is 298 g/mol. The summed E-state index contributed by atoms with van der Waals surface area (Å²) in [5, 5.41) is 12.7. The molecule has 0 aliphatic carbocycles. The molecule has 0 bridgehead atoms. The van der Waals surface area contributed by atoms with E-state index in [9.17, 15) is 9.59 Å². The second-order valence-electron chi connectivity index (χ2n) is 4.67. The lowest BCUT2D eigenvalue weighted by Crippen LogP contribution is -2.49. The number of thioether (sulfide) groups is 1. The van der Waals surface area contributed by atoms with Gasteiger partial charge in [0.2, 0.25) is 0 Å². The molecule has 20 heavy (non-hydrogen) atoms. The Bertz CT molecular complexity index is 520. The number of hydrogen-bond acceptors (Lipinski definition) is 5. The van der Waals surface area contributed by atoms with Gasteiger partial charge in [0.25, 0.3) is 0 Å². The molecule has 1 aliphatic heterocycles. The molecule has 0 spiro atoms. The van der Waals surface area contributed by atoms with Crippen molar-refractivity contribution in [2.45, 2.75) is 38.2 Å². The highest BCUT2D eigenvalue weighted by molar-refractivity contribution is 8.00. The summed E-state index contributed by atoms with van der Waals surface area (Å²) in [5.41, 5.74) is 0. The number of thiazole rings is 1. The van der Waals surface area contributed by atoms with Gasteiger partial charge in [-0.3, -0.25) is 4.90 Å². The van der Waals surface area contributed by atoms with Crippen LogP contribution in [0.15, 0.2) is 6.20 Å². The third-order valence-electron chi connectivity index (χ3n) is 3.09. The lowest BCUT2D eigenvalue weighted by molar-refractivity contribution is -0.141. The number of rotatable bonds is 3. The minimum Gasteiger partial charge on any atom is -0.480 e. The summed E-state index contributed by atoms with van der Waals surface area (Å²) in [6, 6.07) is -1.34. The smallest absolute Gasteiger partial charge is 0.327 e. The molecule has 110 valence electrons. The summed E-state index contributed by atoms with van der Waals surface area (Å²) in [4.78, 5) is 30.2. The normalized spacial score (nSPS) is 23.6. The van der Waals surface area contributed by atoms with Gasteiger partial charge in [0.15, 0.2) is 0 Å². The van der Waals surface area contributed by atoms with Gasteiger partial charge in [-0.1, -0.05) is 0 Å². The average Bonchev–Trinajstić information content (AvgIpc) is 2.95. The van der Waals surface area contributed by atoms with Crippen LogP contribution in [-0.4, -0.2) is 44.2 Å². The van der Waals surface area contributed by atoms with E-state index in [0.29, 0.717) is 5.75 Å². The van der Waals surface area contributed by atoms with Gasteiger partial charge in [-0.2, -0.15) is 0 Å². The van der Waals surface area contributed by atoms with Crippen LogP contribution in [0.1, 0.15) is 29.8 Å². The van der Waals surface area contributed by atoms with Crippen LogP contribution in [0.25, 0.3) is 0 Å².